The molecule has 7 nitrogen and oxygen atoms in total. The number of benzene rings is 2. The fraction of sp³-hybridized carbons (Fsp3) is 0.182. The summed E-state index contributed by atoms with van der Waals surface area (Å²) in [6.07, 6.45) is -3.11. The van der Waals surface area contributed by atoms with Gasteiger partial charge in [0.2, 0.25) is 0 Å². The first-order chi connectivity index (χ1) is 15.3. The van der Waals surface area contributed by atoms with Gasteiger partial charge in [0.1, 0.15) is 12.0 Å². The summed E-state index contributed by atoms with van der Waals surface area (Å²) in [4.78, 5) is 12.2. The number of halogens is 3. The lowest BCUT2D eigenvalue weighted by atomic mass is 10.2. The molecule has 0 fully saturated rings. The van der Waals surface area contributed by atoms with Gasteiger partial charge in [-0.2, -0.15) is 23.3 Å². The van der Waals surface area contributed by atoms with Crippen molar-refractivity contribution in [3.8, 4) is 28.9 Å². The first-order valence-corrected chi connectivity index (χ1v) is 9.61. The third kappa shape index (κ3) is 3.80. The van der Waals surface area contributed by atoms with Gasteiger partial charge < -0.3 is 4.74 Å². The van der Waals surface area contributed by atoms with E-state index in [1.54, 1.807) is 48.9 Å². The third-order valence-electron chi connectivity index (χ3n) is 4.76. The molecule has 0 radical (unpaired) electrons. The molecular formula is C22H17F3N6O. The molecule has 32 heavy (non-hydrogen) atoms. The number of hydrogen-bond acceptors (Lipinski definition) is 4. The number of imidazole rings is 1. The van der Waals surface area contributed by atoms with Crippen molar-refractivity contribution < 1.29 is 17.9 Å². The van der Waals surface area contributed by atoms with E-state index in [2.05, 4.69) is 19.9 Å². The monoisotopic (exact) mass is 438 g/mol. The van der Waals surface area contributed by atoms with E-state index >= 15 is 0 Å². The van der Waals surface area contributed by atoms with Crippen molar-refractivity contribution in [3.05, 3.63) is 77.5 Å². The fourth-order valence-corrected chi connectivity index (χ4v) is 3.30. The molecule has 0 bridgehead atoms. The van der Waals surface area contributed by atoms with Crippen LogP contribution in [0.3, 0.4) is 0 Å². The largest absolute Gasteiger partial charge is 0.465 e. The van der Waals surface area contributed by atoms with Gasteiger partial charge in [0.15, 0.2) is 11.5 Å². The lowest BCUT2D eigenvalue weighted by Crippen LogP contribution is -2.08. The molecule has 0 aliphatic carbocycles. The highest BCUT2D eigenvalue weighted by molar-refractivity contribution is 5.60. The van der Waals surface area contributed by atoms with E-state index in [9.17, 15) is 13.2 Å². The van der Waals surface area contributed by atoms with Gasteiger partial charge in [0.05, 0.1) is 35.8 Å². The van der Waals surface area contributed by atoms with E-state index in [1.165, 1.54) is 17.0 Å². The van der Waals surface area contributed by atoms with Gasteiger partial charge in [-0.25, -0.2) is 14.5 Å². The summed E-state index contributed by atoms with van der Waals surface area (Å²) in [6, 6.07) is 11.9. The maximum absolute atomic E-state index is 13.3. The lowest BCUT2D eigenvalue weighted by molar-refractivity contribution is -0.137. The molecule has 2 aromatic carbocycles. The first kappa shape index (κ1) is 21.1. The SMILES string of the molecule is [C-]#[N+]c1ccc(-n2ncnc2-c2nc(OCC)n(-c3cccc(C(F)(F)F)c3)c2C)cc1. The number of hydrogen-bond donors (Lipinski definition) is 0. The van der Waals surface area contributed by atoms with Crippen molar-refractivity contribution in [3.63, 3.8) is 0 Å². The van der Waals surface area contributed by atoms with Crippen molar-refractivity contribution in [2.75, 3.05) is 6.61 Å². The van der Waals surface area contributed by atoms with Gasteiger partial charge in [0, 0.05) is 0 Å². The molecule has 0 spiro atoms. The summed E-state index contributed by atoms with van der Waals surface area (Å²) in [5.41, 5.74) is 1.61. The Hall–Kier alpha value is -4.13. The Balaban J connectivity index is 1.86. The summed E-state index contributed by atoms with van der Waals surface area (Å²) in [6.45, 7) is 10.9. The standard InChI is InChI=1S/C22H17F3N6O/c1-4-32-21-29-19(14(2)30(21)18-7-5-6-15(12-18)22(23,24)25)20-27-13-28-31(20)17-10-8-16(26-3)9-11-17/h5-13H,4H2,1-2H3. The molecule has 0 aliphatic rings. The highest BCUT2D eigenvalue weighted by Gasteiger charge is 2.31. The van der Waals surface area contributed by atoms with Gasteiger partial charge in [0.25, 0.3) is 0 Å². The normalized spacial score (nSPS) is 11.4. The van der Waals surface area contributed by atoms with Crippen LogP contribution in [0.5, 0.6) is 6.01 Å². The molecular weight excluding hydrogens is 421 g/mol. The molecule has 0 saturated carbocycles. The molecule has 4 aromatic rings. The van der Waals surface area contributed by atoms with Crippen LogP contribution >= 0.6 is 0 Å². The van der Waals surface area contributed by atoms with Crippen LogP contribution in [0.15, 0.2) is 54.9 Å². The average molecular weight is 438 g/mol. The van der Waals surface area contributed by atoms with Crippen LogP contribution in [-0.2, 0) is 6.18 Å². The summed E-state index contributed by atoms with van der Waals surface area (Å²) in [7, 11) is 0. The minimum atomic E-state index is -4.48. The second-order valence-corrected chi connectivity index (χ2v) is 6.77. The van der Waals surface area contributed by atoms with E-state index < -0.39 is 11.7 Å². The van der Waals surface area contributed by atoms with Gasteiger partial charge in [-0.05, 0) is 44.2 Å². The topological polar surface area (TPSA) is 62.1 Å². The Morgan fingerprint density at radius 3 is 2.50 bits per heavy atom. The van der Waals surface area contributed by atoms with Crippen molar-refractivity contribution in [1.29, 1.82) is 0 Å². The van der Waals surface area contributed by atoms with Crippen LogP contribution in [-0.4, -0.2) is 30.9 Å². The van der Waals surface area contributed by atoms with E-state index in [4.69, 9.17) is 11.3 Å². The summed E-state index contributed by atoms with van der Waals surface area (Å²) in [5, 5.41) is 4.25. The number of rotatable bonds is 5. The minimum absolute atomic E-state index is 0.150. The van der Waals surface area contributed by atoms with Crippen LogP contribution in [0.4, 0.5) is 18.9 Å². The van der Waals surface area contributed by atoms with Gasteiger partial charge >= 0.3 is 12.2 Å². The van der Waals surface area contributed by atoms with Crippen molar-refractivity contribution in [2.24, 2.45) is 0 Å². The van der Waals surface area contributed by atoms with Crippen LogP contribution < -0.4 is 4.74 Å². The summed E-state index contributed by atoms with van der Waals surface area (Å²) < 4.78 is 48.5. The number of alkyl halides is 3. The van der Waals surface area contributed by atoms with Crippen molar-refractivity contribution >= 4 is 5.69 Å². The molecule has 4 rings (SSSR count). The maximum atomic E-state index is 13.3. The van der Waals surface area contributed by atoms with Crippen molar-refractivity contribution in [1.82, 2.24) is 24.3 Å². The molecule has 0 N–H and O–H groups in total. The van der Waals surface area contributed by atoms with Gasteiger partial charge in [-0.1, -0.05) is 18.2 Å². The van der Waals surface area contributed by atoms with Gasteiger partial charge in [-0.3, -0.25) is 4.57 Å². The van der Waals surface area contributed by atoms with Crippen molar-refractivity contribution in [2.45, 2.75) is 20.0 Å². The Labute approximate surface area is 181 Å². The quantitative estimate of drug-likeness (QED) is 0.392. The molecule has 0 saturated heterocycles. The smallest absolute Gasteiger partial charge is 0.416 e. The zero-order valence-electron chi connectivity index (χ0n) is 17.1. The third-order valence-corrected chi connectivity index (χ3v) is 4.76. The Bertz CT molecular complexity index is 1300. The Morgan fingerprint density at radius 1 is 1.09 bits per heavy atom. The maximum Gasteiger partial charge on any atom is 0.416 e. The summed E-state index contributed by atoms with van der Waals surface area (Å²) >= 11 is 0. The molecule has 0 unspecified atom stereocenters. The highest BCUT2D eigenvalue weighted by atomic mass is 19.4. The molecule has 0 atom stereocenters. The highest BCUT2D eigenvalue weighted by Crippen LogP contribution is 2.34. The zero-order chi connectivity index (χ0) is 22.9. The predicted molar refractivity (Wildman–Crippen MR) is 111 cm³/mol. The fourth-order valence-electron chi connectivity index (χ4n) is 3.30. The molecule has 2 heterocycles. The van der Waals surface area contributed by atoms with E-state index in [0.717, 1.165) is 12.1 Å². The average Bonchev–Trinajstić information content (AvgIpc) is 3.38. The molecule has 0 amide bonds. The van der Waals surface area contributed by atoms with Crippen LogP contribution in [0.25, 0.3) is 27.7 Å². The molecule has 2 aromatic heterocycles. The van der Waals surface area contributed by atoms with Gasteiger partial charge in [-0.15, -0.1) is 0 Å². The zero-order valence-corrected chi connectivity index (χ0v) is 17.1. The number of ether oxygens (including phenoxy) is 1. The Morgan fingerprint density at radius 2 is 1.84 bits per heavy atom. The minimum Gasteiger partial charge on any atom is -0.465 e. The Kier molecular flexibility index (Phi) is 5.40. The van der Waals surface area contributed by atoms with Crippen LogP contribution in [0.1, 0.15) is 18.2 Å². The van der Waals surface area contributed by atoms with E-state index in [-0.39, 0.29) is 18.3 Å². The second-order valence-electron chi connectivity index (χ2n) is 6.77. The van der Waals surface area contributed by atoms with Crippen LogP contribution in [0, 0.1) is 13.5 Å². The predicted octanol–water partition coefficient (Wildman–Crippen LogP) is 5.40. The number of nitrogens with zero attached hydrogens (tertiary/aromatic N) is 6. The molecule has 162 valence electrons. The van der Waals surface area contributed by atoms with E-state index in [1.807, 2.05) is 0 Å². The van der Waals surface area contributed by atoms with Crippen LogP contribution in [0.2, 0.25) is 0 Å². The lowest BCUT2D eigenvalue weighted by Gasteiger charge is -2.13. The van der Waals surface area contributed by atoms with E-state index in [0.29, 0.717) is 28.6 Å². The second kappa shape index (κ2) is 8.19. The first-order valence-electron chi connectivity index (χ1n) is 9.61. The molecule has 0 aliphatic heterocycles. The molecule has 10 heteroatoms. The summed E-state index contributed by atoms with van der Waals surface area (Å²) in [5.74, 6) is 0.393. The number of aromatic nitrogens is 5.